The Morgan fingerprint density at radius 3 is 2.82 bits per heavy atom. The maximum absolute atomic E-state index is 10.7. The zero-order valence-electron chi connectivity index (χ0n) is 11.4. The van der Waals surface area contributed by atoms with E-state index in [0.717, 1.165) is 27.8 Å². The van der Waals surface area contributed by atoms with Gasteiger partial charge in [-0.05, 0) is 28.1 Å². The summed E-state index contributed by atoms with van der Waals surface area (Å²) in [5, 5.41) is 22.7. The second-order valence-electron chi connectivity index (χ2n) is 4.57. The minimum absolute atomic E-state index is 0.581. The Morgan fingerprint density at radius 1 is 1.32 bits per heavy atom. The van der Waals surface area contributed by atoms with Crippen molar-refractivity contribution >= 4 is 23.4 Å². The predicted octanol–water partition coefficient (Wildman–Crippen LogP) is 2.62. The summed E-state index contributed by atoms with van der Waals surface area (Å²) in [5.41, 5.74) is 2.07. The molecule has 0 aliphatic heterocycles. The van der Waals surface area contributed by atoms with Crippen molar-refractivity contribution in [1.29, 1.82) is 0 Å². The highest BCUT2D eigenvalue weighted by Crippen LogP contribution is 2.32. The van der Waals surface area contributed by atoms with E-state index in [4.69, 9.17) is 5.11 Å². The molecule has 3 rings (SSSR count). The fraction of sp³-hybridized carbons (Fsp3) is 0.0667. The van der Waals surface area contributed by atoms with Crippen LogP contribution >= 0.6 is 11.3 Å². The molecule has 0 saturated carbocycles. The summed E-state index contributed by atoms with van der Waals surface area (Å²) in [4.78, 5) is 12.6. The van der Waals surface area contributed by atoms with Crippen molar-refractivity contribution in [2.75, 3.05) is 0 Å². The van der Waals surface area contributed by atoms with Crippen molar-refractivity contribution in [3.63, 3.8) is 0 Å². The predicted molar refractivity (Wildman–Crippen MR) is 83.4 cm³/mol. The number of carboxylic acid groups (broad SMARTS) is 1. The Morgan fingerprint density at radius 2 is 2.14 bits per heavy atom. The van der Waals surface area contributed by atoms with E-state index in [9.17, 15) is 4.79 Å². The summed E-state index contributed by atoms with van der Waals surface area (Å²) < 4.78 is 0. The number of aromatic amines is 1. The highest BCUT2D eigenvalue weighted by Gasteiger charge is 2.13. The standard InChI is InChI=1S/C15H12N4O2S/c20-14(21)7-6-11-9-12(15-16-18-19-17-15)13(22-11)8-10-4-2-1-3-5-10/h1-7,9H,8H2,(H,20,21)(H,16,17,18,19). The van der Waals surface area contributed by atoms with Gasteiger partial charge in [0.05, 0.1) is 0 Å². The number of tetrazole rings is 1. The van der Waals surface area contributed by atoms with Crippen molar-refractivity contribution < 1.29 is 9.90 Å². The molecule has 2 aromatic heterocycles. The summed E-state index contributed by atoms with van der Waals surface area (Å²) >= 11 is 1.53. The number of nitrogens with one attached hydrogen (secondary N) is 1. The monoisotopic (exact) mass is 312 g/mol. The van der Waals surface area contributed by atoms with Gasteiger partial charge >= 0.3 is 5.97 Å². The number of H-pyrrole nitrogens is 1. The first-order valence-electron chi connectivity index (χ1n) is 6.54. The Hall–Kier alpha value is -2.80. The smallest absolute Gasteiger partial charge is 0.328 e. The van der Waals surface area contributed by atoms with Crippen LogP contribution in [0.3, 0.4) is 0 Å². The average Bonchev–Trinajstić information content (AvgIpc) is 3.15. The lowest BCUT2D eigenvalue weighted by atomic mass is 10.1. The molecule has 6 nitrogen and oxygen atoms in total. The highest BCUT2D eigenvalue weighted by molar-refractivity contribution is 7.13. The van der Waals surface area contributed by atoms with Crippen LogP contribution in [0.4, 0.5) is 0 Å². The molecule has 0 atom stereocenters. The molecule has 1 aromatic carbocycles. The SMILES string of the molecule is O=C(O)C=Cc1cc(-c2nnn[nH]2)c(Cc2ccccc2)s1. The van der Waals surface area contributed by atoms with Crippen LogP contribution in [0, 0.1) is 0 Å². The number of carbonyl (C=O) groups is 1. The van der Waals surface area contributed by atoms with E-state index >= 15 is 0 Å². The molecule has 3 aromatic rings. The van der Waals surface area contributed by atoms with Crippen LogP contribution in [0.1, 0.15) is 15.3 Å². The number of hydrogen-bond donors (Lipinski definition) is 2. The van der Waals surface area contributed by atoms with Gasteiger partial charge in [-0.1, -0.05) is 30.3 Å². The largest absolute Gasteiger partial charge is 0.478 e. The third-order valence-corrected chi connectivity index (χ3v) is 4.13. The maximum atomic E-state index is 10.7. The fourth-order valence-corrected chi connectivity index (χ4v) is 3.17. The maximum Gasteiger partial charge on any atom is 0.328 e. The van der Waals surface area contributed by atoms with Gasteiger partial charge in [-0.15, -0.1) is 16.4 Å². The molecule has 0 fully saturated rings. The first-order valence-corrected chi connectivity index (χ1v) is 7.36. The molecular weight excluding hydrogens is 300 g/mol. The molecule has 22 heavy (non-hydrogen) atoms. The Labute approximate surface area is 130 Å². The third-order valence-electron chi connectivity index (χ3n) is 3.03. The lowest BCUT2D eigenvalue weighted by Crippen LogP contribution is -1.88. The van der Waals surface area contributed by atoms with E-state index in [1.54, 1.807) is 6.08 Å². The Kier molecular flexibility index (Phi) is 4.06. The van der Waals surface area contributed by atoms with Gasteiger partial charge < -0.3 is 5.11 Å². The molecule has 0 unspecified atom stereocenters. The van der Waals surface area contributed by atoms with Crippen LogP contribution in [0.2, 0.25) is 0 Å². The van der Waals surface area contributed by atoms with Gasteiger partial charge in [0.25, 0.3) is 0 Å². The van der Waals surface area contributed by atoms with E-state index in [0.29, 0.717) is 5.82 Å². The quantitative estimate of drug-likeness (QED) is 0.707. The number of benzene rings is 1. The molecule has 7 heteroatoms. The van der Waals surface area contributed by atoms with E-state index in [2.05, 4.69) is 32.8 Å². The van der Waals surface area contributed by atoms with Crippen molar-refractivity contribution in [2.45, 2.75) is 6.42 Å². The second-order valence-corrected chi connectivity index (χ2v) is 5.74. The molecular formula is C15H12N4O2S. The summed E-state index contributed by atoms with van der Waals surface area (Å²) in [6.07, 6.45) is 3.44. The molecule has 2 N–H and O–H groups in total. The molecule has 0 radical (unpaired) electrons. The minimum atomic E-state index is -0.971. The zero-order valence-corrected chi connectivity index (χ0v) is 12.2. The number of hydrogen-bond acceptors (Lipinski definition) is 5. The van der Waals surface area contributed by atoms with Crippen molar-refractivity contribution in [1.82, 2.24) is 20.6 Å². The average molecular weight is 312 g/mol. The number of aromatic nitrogens is 4. The summed E-state index contributed by atoms with van der Waals surface area (Å²) in [5.74, 6) is -0.391. The van der Waals surface area contributed by atoms with E-state index in [1.165, 1.54) is 16.9 Å². The van der Waals surface area contributed by atoms with E-state index in [-0.39, 0.29) is 0 Å². The molecule has 0 saturated heterocycles. The van der Waals surface area contributed by atoms with Crippen LogP contribution in [0.5, 0.6) is 0 Å². The molecule has 0 amide bonds. The molecule has 0 spiro atoms. The van der Waals surface area contributed by atoms with Gasteiger partial charge in [0, 0.05) is 27.8 Å². The van der Waals surface area contributed by atoms with Gasteiger partial charge in [0.15, 0.2) is 5.82 Å². The second kappa shape index (κ2) is 6.31. The minimum Gasteiger partial charge on any atom is -0.478 e. The van der Waals surface area contributed by atoms with Gasteiger partial charge in [-0.2, -0.15) is 0 Å². The number of thiophene rings is 1. The molecule has 0 bridgehead atoms. The van der Waals surface area contributed by atoms with Crippen molar-refractivity contribution in [2.24, 2.45) is 0 Å². The number of nitrogens with zero attached hydrogens (tertiary/aromatic N) is 3. The zero-order chi connectivity index (χ0) is 15.4. The first-order chi connectivity index (χ1) is 10.7. The Balaban J connectivity index is 1.97. The van der Waals surface area contributed by atoms with Crippen molar-refractivity contribution in [3.8, 4) is 11.4 Å². The van der Waals surface area contributed by atoms with Crippen LogP contribution in [-0.4, -0.2) is 31.7 Å². The van der Waals surface area contributed by atoms with Crippen LogP contribution in [0.25, 0.3) is 17.5 Å². The van der Waals surface area contributed by atoms with Crippen LogP contribution in [0.15, 0.2) is 42.5 Å². The van der Waals surface area contributed by atoms with E-state index < -0.39 is 5.97 Å². The normalized spacial score (nSPS) is 11.1. The van der Waals surface area contributed by atoms with Crippen LogP contribution < -0.4 is 0 Å². The molecule has 0 aliphatic carbocycles. The highest BCUT2D eigenvalue weighted by atomic mass is 32.1. The fourth-order valence-electron chi connectivity index (χ4n) is 2.07. The Bertz CT molecular complexity index is 794. The number of aliphatic carboxylic acids is 1. The third kappa shape index (κ3) is 3.26. The molecule has 110 valence electrons. The lowest BCUT2D eigenvalue weighted by molar-refractivity contribution is -0.131. The lowest BCUT2D eigenvalue weighted by Gasteiger charge is -2.00. The first kappa shape index (κ1) is 14.2. The summed E-state index contributed by atoms with van der Waals surface area (Å²) in [6, 6.07) is 11.9. The number of rotatable bonds is 5. The summed E-state index contributed by atoms with van der Waals surface area (Å²) in [6.45, 7) is 0. The number of carboxylic acids is 1. The van der Waals surface area contributed by atoms with Gasteiger partial charge in [-0.25, -0.2) is 9.89 Å². The molecule has 0 aliphatic rings. The molecule has 2 heterocycles. The van der Waals surface area contributed by atoms with Gasteiger partial charge in [0.1, 0.15) is 0 Å². The topological polar surface area (TPSA) is 91.8 Å². The van der Waals surface area contributed by atoms with Gasteiger partial charge in [-0.3, -0.25) is 0 Å². The van der Waals surface area contributed by atoms with E-state index in [1.807, 2.05) is 24.3 Å². The van der Waals surface area contributed by atoms with Crippen molar-refractivity contribution in [3.05, 3.63) is 57.8 Å². The summed E-state index contributed by atoms with van der Waals surface area (Å²) in [7, 11) is 0. The van der Waals surface area contributed by atoms with Gasteiger partial charge in [0.2, 0.25) is 0 Å². The van der Waals surface area contributed by atoms with Crippen LogP contribution in [-0.2, 0) is 11.2 Å².